The Kier molecular flexibility index (Phi) is 3.97. The Morgan fingerprint density at radius 3 is 2.61 bits per heavy atom. The molecule has 3 nitrogen and oxygen atoms in total. The van der Waals surface area contributed by atoms with Crippen LogP contribution in [0.3, 0.4) is 0 Å². The summed E-state index contributed by atoms with van der Waals surface area (Å²) in [5, 5.41) is 2.91. The predicted octanol–water partition coefficient (Wildman–Crippen LogP) is 2.67. The van der Waals surface area contributed by atoms with Crippen molar-refractivity contribution in [1.82, 2.24) is 4.90 Å². The zero-order chi connectivity index (χ0) is 13.1. The maximum atomic E-state index is 12.1. The Bertz CT molecular complexity index is 479. The van der Waals surface area contributed by atoms with Crippen LogP contribution < -0.4 is 5.32 Å². The van der Waals surface area contributed by atoms with Crippen LogP contribution in [-0.2, 0) is 4.79 Å². The van der Waals surface area contributed by atoms with Crippen LogP contribution in [-0.4, -0.2) is 28.9 Å². The molecule has 1 heterocycles. The van der Waals surface area contributed by atoms with Crippen LogP contribution in [0.5, 0.6) is 0 Å². The van der Waals surface area contributed by atoms with E-state index in [0.717, 1.165) is 37.2 Å². The molecular formula is C14H18N2OS. The number of hydrogen-bond donors (Lipinski definition) is 1. The first-order valence-corrected chi connectivity index (χ1v) is 6.67. The van der Waals surface area contributed by atoms with E-state index < -0.39 is 0 Å². The fourth-order valence-electron chi connectivity index (χ4n) is 2.13. The SMILES string of the molecule is Cc1cccc(NC(=O)C(=S)N2CCCC2)c1C. The first-order valence-electron chi connectivity index (χ1n) is 6.26. The molecule has 1 aromatic rings. The third-order valence-electron chi connectivity index (χ3n) is 3.44. The molecule has 0 spiro atoms. The molecule has 18 heavy (non-hydrogen) atoms. The highest BCUT2D eigenvalue weighted by atomic mass is 32.1. The zero-order valence-corrected chi connectivity index (χ0v) is 11.6. The standard InChI is InChI=1S/C14H18N2OS/c1-10-6-5-7-12(11(10)2)15-13(17)14(18)16-8-3-4-9-16/h5-7H,3-4,8-9H2,1-2H3,(H,15,17). The lowest BCUT2D eigenvalue weighted by atomic mass is 10.1. The Labute approximate surface area is 113 Å². The second-order valence-corrected chi connectivity index (χ2v) is 5.09. The first-order chi connectivity index (χ1) is 8.59. The number of amides is 1. The Morgan fingerprint density at radius 1 is 1.28 bits per heavy atom. The first kappa shape index (κ1) is 13.0. The van der Waals surface area contributed by atoms with Crippen LogP contribution >= 0.6 is 12.2 Å². The van der Waals surface area contributed by atoms with Gasteiger partial charge in [-0.15, -0.1) is 0 Å². The summed E-state index contributed by atoms with van der Waals surface area (Å²) >= 11 is 5.23. The molecule has 0 unspecified atom stereocenters. The van der Waals surface area contributed by atoms with Crippen LogP contribution in [0.4, 0.5) is 5.69 Å². The van der Waals surface area contributed by atoms with Crippen LogP contribution in [0.1, 0.15) is 24.0 Å². The van der Waals surface area contributed by atoms with E-state index in [4.69, 9.17) is 12.2 Å². The van der Waals surface area contributed by atoms with Crippen molar-refractivity contribution in [3.05, 3.63) is 29.3 Å². The summed E-state index contributed by atoms with van der Waals surface area (Å²) in [5.41, 5.74) is 3.11. The molecule has 96 valence electrons. The van der Waals surface area contributed by atoms with Crippen molar-refractivity contribution in [2.75, 3.05) is 18.4 Å². The minimum absolute atomic E-state index is 0.166. The molecule has 0 atom stereocenters. The van der Waals surface area contributed by atoms with E-state index in [1.54, 1.807) is 0 Å². The molecular weight excluding hydrogens is 244 g/mol. The van der Waals surface area contributed by atoms with Crippen molar-refractivity contribution in [2.45, 2.75) is 26.7 Å². The number of carbonyl (C=O) groups excluding carboxylic acids is 1. The van der Waals surface area contributed by atoms with Crippen molar-refractivity contribution >= 4 is 28.8 Å². The zero-order valence-electron chi connectivity index (χ0n) is 10.8. The second-order valence-electron chi connectivity index (χ2n) is 4.70. The lowest BCUT2D eigenvalue weighted by Gasteiger charge is -2.18. The van der Waals surface area contributed by atoms with Crippen molar-refractivity contribution in [2.24, 2.45) is 0 Å². The monoisotopic (exact) mass is 262 g/mol. The predicted molar refractivity (Wildman–Crippen MR) is 78.0 cm³/mol. The van der Waals surface area contributed by atoms with E-state index in [2.05, 4.69) is 5.32 Å². The molecule has 2 rings (SSSR count). The van der Waals surface area contributed by atoms with E-state index in [-0.39, 0.29) is 5.91 Å². The molecule has 0 saturated carbocycles. The minimum atomic E-state index is -0.166. The molecule has 0 aliphatic carbocycles. The summed E-state index contributed by atoms with van der Waals surface area (Å²) in [6.07, 6.45) is 2.24. The summed E-state index contributed by atoms with van der Waals surface area (Å²) in [6.45, 7) is 5.84. The topological polar surface area (TPSA) is 32.3 Å². The number of thiocarbonyl (C=S) groups is 1. The van der Waals surface area contributed by atoms with Crippen molar-refractivity contribution in [3.63, 3.8) is 0 Å². The molecule has 1 fully saturated rings. The second kappa shape index (κ2) is 5.48. The normalized spacial score (nSPS) is 14.7. The third-order valence-corrected chi connectivity index (χ3v) is 3.88. The molecule has 1 aliphatic rings. The summed E-state index contributed by atoms with van der Waals surface area (Å²) in [5.74, 6) is -0.166. The third kappa shape index (κ3) is 2.70. The number of carbonyl (C=O) groups is 1. The Hall–Kier alpha value is -1.42. The number of rotatable bonds is 1. The van der Waals surface area contributed by atoms with Crippen LogP contribution in [0.15, 0.2) is 18.2 Å². The number of aryl methyl sites for hydroxylation is 1. The summed E-state index contributed by atoms with van der Waals surface area (Å²) in [6, 6.07) is 5.88. The fraction of sp³-hybridized carbons (Fsp3) is 0.429. The number of benzene rings is 1. The van der Waals surface area contributed by atoms with Gasteiger partial charge in [0.15, 0.2) is 4.99 Å². The summed E-state index contributed by atoms with van der Waals surface area (Å²) < 4.78 is 0. The van der Waals surface area contributed by atoms with Gasteiger partial charge in [-0.1, -0.05) is 24.4 Å². The number of nitrogens with zero attached hydrogens (tertiary/aromatic N) is 1. The molecule has 1 aliphatic heterocycles. The van der Waals surface area contributed by atoms with E-state index >= 15 is 0 Å². The molecule has 0 aromatic heterocycles. The summed E-state index contributed by atoms with van der Waals surface area (Å²) in [7, 11) is 0. The van der Waals surface area contributed by atoms with Crippen LogP contribution in [0, 0.1) is 13.8 Å². The van der Waals surface area contributed by atoms with Gasteiger partial charge in [-0.2, -0.15) is 0 Å². The quantitative estimate of drug-likeness (QED) is 0.790. The number of likely N-dealkylation sites (tertiary alicyclic amines) is 1. The van der Waals surface area contributed by atoms with Gasteiger partial charge in [0.1, 0.15) is 0 Å². The lowest BCUT2D eigenvalue weighted by Crippen LogP contribution is -2.36. The fourth-order valence-corrected chi connectivity index (χ4v) is 2.36. The molecule has 4 heteroatoms. The highest BCUT2D eigenvalue weighted by Gasteiger charge is 2.21. The van der Waals surface area contributed by atoms with Crippen LogP contribution in [0.2, 0.25) is 0 Å². The highest BCUT2D eigenvalue weighted by molar-refractivity contribution is 7.82. The van der Waals surface area contributed by atoms with Gasteiger partial charge in [-0.25, -0.2) is 0 Å². The van der Waals surface area contributed by atoms with Crippen molar-refractivity contribution < 1.29 is 4.79 Å². The van der Waals surface area contributed by atoms with Gasteiger partial charge in [0.2, 0.25) is 0 Å². The van der Waals surface area contributed by atoms with Crippen molar-refractivity contribution in [1.29, 1.82) is 0 Å². The molecule has 1 aromatic carbocycles. The van der Waals surface area contributed by atoms with Gasteiger partial charge < -0.3 is 10.2 Å². The van der Waals surface area contributed by atoms with Gasteiger partial charge in [0.25, 0.3) is 5.91 Å². The summed E-state index contributed by atoms with van der Waals surface area (Å²) in [4.78, 5) is 14.5. The molecule has 1 N–H and O–H groups in total. The van der Waals surface area contributed by atoms with Gasteiger partial charge >= 0.3 is 0 Å². The lowest BCUT2D eigenvalue weighted by molar-refractivity contribution is -0.110. The number of hydrogen-bond acceptors (Lipinski definition) is 2. The van der Waals surface area contributed by atoms with Gasteiger partial charge in [0, 0.05) is 18.8 Å². The molecule has 1 saturated heterocycles. The molecule has 0 radical (unpaired) electrons. The van der Waals surface area contributed by atoms with Gasteiger partial charge in [-0.3, -0.25) is 4.79 Å². The van der Waals surface area contributed by atoms with Crippen molar-refractivity contribution in [3.8, 4) is 0 Å². The van der Waals surface area contributed by atoms with Crippen LogP contribution in [0.25, 0.3) is 0 Å². The van der Waals surface area contributed by atoms with E-state index in [9.17, 15) is 4.79 Å². The molecule has 1 amide bonds. The smallest absolute Gasteiger partial charge is 0.283 e. The number of anilines is 1. The highest BCUT2D eigenvalue weighted by Crippen LogP contribution is 2.18. The Balaban J connectivity index is 2.06. The maximum absolute atomic E-state index is 12.1. The number of nitrogens with one attached hydrogen (secondary N) is 1. The van der Waals surface area contributed by atoms with E-state index in [0.29, 0.717) is 4.99 Å². The van der Waals surface area contributed by atoms with E-state index in [1.165, 1.54) is 5.56 Å². The minimum Gasteiger partial charge on any atom is -0.358 e. The average molecular weight is 262 g/mol. The largest absolute Gasteiger partial charge is 0.358 e. The molecule has 0 bridgehead atoms. The van der Waals surface area contributed by atoms with Gasteiger partial charge in [-0.05, 0) is 43.9 Å². The van der Waals surface area contributed by atoms with Gasteiger partial charge in [0.05, 0.1) is 0 Å². The maximum Gasteiger partial charge on any atom is 0.283 e. The van der Waals surface area contributed by atoms with E-state index in [1.807, 2.05) is 36.9 Å². The Morgan fingerprint density at radius 2 is 1.94 bits per heavy atom. The average Bonchev–Trinajstić information content (AvgIpc) is 2.87.